The number of hydrogen-bond donors (Lipinski definition) is 0. The minimum atomic E-state index is -0.476. The molecule has 0 N–H and O–H groups in total. The zero-order valence-electron chi connectivity index (χ0n) is 9.81. The highest BCUT2D eigenvalue weighted by atomic mass is 35.5. The van der Waals surface area contributed by atoms with Crippen LogP contribution in [0.15, 0.2) is 0 Å². The highest BCUT2D eigenvalue weighted by Gasteiger charge is 2.24. The number of anilines is 1. The van der Waals surface area contributed by atoms with Gasteiger partial charge in [0.1, 0.15) is 5.69 Å². The number of rotatable bonds is 5. The third-order valence-corrected chi connectivity index (χ3v) is 2.95. The summed E-state index contributed by atoms with van der Waals surface area (Å²) in [7, 11) is 1.75. The van der Waals surface area contributed by atoms with E-state index in [1.807, 2.05) is 6.26 Å². The lowest BCUT2D eigenvalue weighted by atomic mass is 10.3. The van der Waals surface area contributed by atoms with Crippen LogP contribution in [0.5, 0.6) is 0 Å². The molecule has 6 nitrogen and oxygen atoms in total. The molecule has 0 unspecified atom stereocenters. The number of nitro groups is 1. The topological polar surface area (TPSA) is 72.2 Å². The Morgan fingerprint density at radius 1 is 1.53 bits per heavy atom. The van der Waals surface area contributed by atoms with Crippen LogP contribution >= 0.6 is 23.4 Å². The number of thioether (sulfide) groups is 1. The molecule has 0 spiro atoms. The molecule has 94 valence electrons. The van der Waals surface area contributed by atoms with Gasteiger partial charge in [0.2, 0.25) is 11.1 Å². The minimum Gasteiger partial charge on any atom is -0.353 e. The summed E-state index contributed by atoms with van der Waals surface area (Å²) < 4.78 is 0. The lowest BCUT2D eigenvalue weighted by Gasteiger charge is -2.17. The molecule has 1 aromatic heterocycles. The first kappa shape index (κ1) is 14.0. The van der Waals surface area contributed by atoms with Crippen molar-refractivity contribution in [2.24, 2.45) is 0 Å². The molecule has 1 rings (SSSR count). The maximum Gasteiger partial charge on any atom is 0.332 e. The Balaban J connectivity index is 3.15. The Morgan fingerprint density at radius 3 is 2.71 bits per heavy atom. The number of aromatic nitrogens is 2. The Hall–Kier alpha value is -1.08. The van der Waals surface area contributed by atoms with Gasteiger partial charge < -0.3 is 4.90 Å². The maximum absolute atomic E-state index is 11.0. The van der Waals surface area contributed by atoms with Crippen LogP contribution in [0, 0.1) is 17.0 Å². The van der Waals surface area contributed by atoms with Crippen LogP contribution in [0.3, 0.4) is 0 Å². The zero-order chi connectivity index (χ0) is 13.0. The largest absolute Gasteiger partial charge is 0.353 e. The van der Waals surface area contributed by atoms with E-state index < -0.39 is 4.92 Å². The molecular weight excluding hydrogens is 264 g/mol. The molecule has 0 saturated carbocycles. The predicted octanol–water partition coefficient (Wildman–Crippen LogP) is 2.15. The van der Waals surface area contributed by atoms with Gasteiger partial charge in [0.05, 0.1) is 4.92 Å². The SMILES string of the molecule is CSCCN(C)c1nc(Cl)nc(C)c1[N+](=O)[O-]. The first-order chi connectivity index (χ1) is 7.97. The fourth-order valence-corrected chi connectivity index (χ4v) is 2.00. The molecule has 0 fully saturated rings. The Morgan fingerprint density at radius 2 is 2.18 bits per heavy atom. The van der Waals surface area contributed by atoms with Crippen LogP contribution in [0.1, 0.15) is 5.69 Å². The number of nitrogens with zero attached hydrogens (tertiary/aromatic N) is 4. The van der Waals surface area contributed by atoms with Crippen molar-refractivity contribution in [3.8, 4) is 0 Å². The van der Waals surface area contributed by atoms with Crippen molar-refractivity contribution in [2.75, 3.05) is 30.5 Å². The van der Waals surface area contributed by atoms with E-state index in [1.54, 1.807) is 30.6 Å². The third-order valence-electron chi connectivity index (χ3n) is 2.19. The van der Waals surface area contributed by atoms with Gasteiger partial charge in [-0.2, -0.15) is 16.7 Å². The quantitative estimate of drug-likeness (QED) is 0.466. The molecule has 0 amide bonds. The highest BCUT2D eigenvalue weighted by molar-refractivity contribution is 7.98. The molecule has 0 atom stereocenters. The third kappa shape index (κ3) is 3.44. The predicted molar refractivity (Wildman–Crippen MR) is 70.1 cm³/mol. The van der Waals surface area contributed by atoms with Gasteiger partial charge in [-0.15, -0.1) is 0 Å². The van der Waals surface area contributed by atoms with Crippen molar-refractivity contribution >= 4 is 34.9 Å². The van der Waals surface area contributed by atoms with Gasteiger partial charge >= 0.3 is 5.69 Å². The minimum absolute atomic E-state index is 0.0269. The van der Waals surface area contributed by atoms with Crippen LogP contribution in [-0.2, 0) is 0 Å². The van der Waals surface area contributed by atoms with Crippen molar-refractivity contribution < 1.29 is 4.92 Å². The van der Waals surface area contributed by atoms with Gasteiger partial charge in [-0.05, 0) is 24.8 Å². The summed E-state index contributed by atoms with van der Waals surface area (Å²) in [5.74, 6) is 1.12. The number of aryl methyl sites for hydroxylation is 1. The van der Waals surface area contributed by atoms with Crippen LogP contribution in [0.25, 0.3) is 0 Å². The van der Waals surface area contributed by atoms with E-state index in [-0.39, 0.29) is 22.5 Å². The lowest BCUT2D eigenvalue weighted by Crippen LogP contribution is -2.23. The smallest absolute Gasteiger partial charge is 0.332 e. The molecular formula is C9H13ClN4O2S. The summed E-state index contributed by atoms with van der Waals surface area (Å²) >= 11 is 7.39. The van der Waals surface area contributed by atoms with Crippen LogP contribution in [0.2, 0.25) is 5.28 Å². The fourth-order valence-electron chi connectivity index (χ4n) is 1.33. The van der Waals surface area contributed by atoms with Crippen LogP contribution < -0.4 is 4.90 Å². The monoisotopic (exact) mass is 276 g/mol. The number of hydrogen-bond acceptors (Lipinski definition) is 6. The van der Waals surface area contributed by atoms with E-state index in [0.717, 1.165) is 5.75 Å². The molecule has 0 aliphatic carbocycles. The van der Waals surface area contributed by atoms with E-state index in [2.05, 4.69) is 9.97 Å². The molecule has 17 heavy (non-hydrogen) atoms. The summed E-state index contributed by atoms with van der Waals surface area (Å²) in [6.45, 7) is 2.21. The second kappa shape index (κ2) is 6.02. The first-order valence-corrected chi connectivity index (χ1v) is 6.63. The molecule has 0 bridgehead atoms. The van der Waals surface area contributed by atoms with Gasteiger partial charge in [-0.25, -0.2) is 4.98 Å². The first-order valence-electron chi connectivity index (χ1n) is 4.86. The zero-order valence-corrected chi connectivity index (χ0v) is 11.4. The van der Waals surface area contributed by atoms with E-state index in [1.165, 1.54) is 0 Å². The summed E-state index contributed by atoms with van der Waals surface area (Å²) in [6.07, 6.45) is 1.97. The van der Waals surface area contributed by atoms with Crippen molar-refractivity contribution in [1.29, 1.82) is 0 Å². The van der Waals surface area contributed by atoms with Crippen molar-refractivity contribution in [3.05, 3.63) is 21.1 Å². The second-order valence-corrected chi connectivity index (χ2v) is 4.75. The van der Waals surface area contributed by atoms with Gasteiger partial charge in [-0.3, -0.25) is 10.1 Å². The standard InChI is InChI=1S/C9H13ClN4O2S/c1-6-7(14(15)16)8(12-9(10)11-6)13(2)4-5-17-3/h4-5H2,1-3H3. The molecule has 0 aliphatic rings. The summed E-state index contributed by atoms with van der Waals surface area (Å²) in [4.78, 5) is 20.0. The van der Waals surface area contributed by atoms with E-state index in [4.69, 9.17) is 11.6 Å². The molecule has 1 aromatic rings. The van der Waals surface area contributed by atoms with Gasteiger partial charge in [-0.1, -0.05) is 0 Å². The van der Waals surface area contributed by atoms with E-state index >= 15 is 0 Å². The molecule has 0 aromatic carbocycles. The van der Waals surface area contributed by atoms with Crippen molar-refractivity contribution in [2.45, 2.75) is 6.92 Å². The van der Waals surface area contributed by atoms with E-state index in [9.17, 15) is 10.1 Å². The van der Waals surface area contributed by atoms with Gasteiger partial charge in [0.15, 0.2) is 0 Å². The maximum atomic E-state index is 11.0. The fraction of sp³-hybridized carbons (Fsp3) is 0.556. The number of halogens is 1. The van der Waals surface area contributed by atoms with Crippen molar-refractivity contribution in [3.63, 3.8) is 0 Å². The Labute approximate surface area is 109 Å². The van der Waals surface area contributed by atoms with Crippen molar-refractivity contribution in [1.82, 2.24) is 9.97 Å². The summed E-state index contributed by atoms with van der Waals surface area (Å²) in [5, 5.41) is 11.0. The summed E-state index contributed by atoms with van der Waals surface area (Å²) in [5.41, 5.74) is 0.194. The molecule has 0 aliphatic heterocycles. The van der Waals surface area contributed by atoms with Gasteiger partial charge in [0, 0.05) is 19.3 Å². The Kier molecular flexibility index (Phi) is 4.95. The molecule has 1 heterocycles. The Bertz CT molecular complexity index is 430. The lowest BCUT2D eigenvalue weighted by molar-refractivity contribution is -0.385. The average molecular weight is 277 g/mol. The average Bonchev–Trinajstić information content (AvgIpc) is 2.23. The molecule has 8 heteroatoms. The van der Waals surface area contributed by atoms with E-state index in [0.29, 0.717) is 6.54 Å². The molecule has 0 radical (unpaired) electrons. The molecule has 0 saturated heterocycles. The summed E-state index contributed by atoms with van der Waals surface area (Å²) in [6, 6.07) is 0. The van der Waals surface area contributed by atoms with Gasteiger partial charge in [0.25, 0.3) is 0 Å². The van der Waals surface area contributed by atoms with Crippen LogP contribution in [0.4, 0.5) is 11.5 Å². The second-order valence-electron chi connectivity index (χ2n) is 3.42. The highest BCUT2D eigenvalue weighted by Crippen LogP contribution is 2.28. The normalized spacial score (nSPS) is 10.4. The van der Waals surface area contributed by atoms with Crippen LogP contribution in [-0.4, -0.2) is 40.5 Å².